The number of hydrogen-bond donors (Lipinski definition) is 1. The van der Waals surface area contributed by atoms with Crippen molar-refractivity contribution in [2.24, 2.45) is 0 Å². The van der Waals surface area contributed by atoms with Gasteiger partial charge in [0.05, 0.1) is 33.0 Å². The van der Waals surface area contributed by atoms with Gasteiger partial charge in [-0.05, 0) is 38.5 Å². The van der Waals surface area contributed by atoms with Crippen molar-refractivity contribution in [3.8, 4) is 34.1 Å². The summed E-state index contributed by atoms with van der Waals surface area (Å²) in [6.45, 7) is 5.64. The molecular formula is C20H24O6. The van der Waals surface area contributed by atoms with Crippen LogP contribution in [0.2, 0.25) is 0 Å². The molecule has 0 aliphatic heterocycles. The topological polar surface area (TPSA) is 74.2 Å². The first-order valence-electron chi connectivity index (χ1n) is 8.17. The fourth-order valence-electron chi connectivity index (χ4n) is 2.80. The number of aromatic hydroxyl groups is 1. The summed E-state index contributed by atoms with van der Waals surface area (Å²) in [6, 6.07) is 6.53. The number of benzene rings is 2. The van der Waals surface area contributed by atoms with Gasteiger partial charge >= 0.3 is 5.97 Å². The van der Waals surface area contributed by atoms with Gasteiger partial charge in [0.2, 0.25) is 0 Å². The molecule has 0 fully saturated rings. The second-order valence-electron chi connectivity index (χ2n) is 6.04. The highest BCUT2D eigenvalue weighted by Gasteiger charge is 2.24. The van der Waals surface area contributed by atoms with Crippen LogP contribution >= 0.6 is 0 Å². The van der Waals surface area contributed by atoms with Crippen molar-refractivity contribution in [3.63, 3.8) is 0 Å². The van der Waals surface area contributed by atoms with Gasteiger partial charge in [-0.25, -0.2) is 4.79 Å². The SMILES string of the molecule is COC(=O)c1cc(OC)cc(OC)c1-c1c(C)cc(OC(C)C)cc1O. The van der Waals surface area contributed by atoms with Crippen LogP contribution in [0.4, 0.5) is 0 Å². The van der Waals surface area contributed by atoms with Crippen LogP contribution in [-0.4, -0.2) is 38.5 Å². The van der Waals surface area contributed by atoms with E-state index in [2.05, 4.69) is 0 Å². The third kappa shape index (κ3) is 3.85. The van der Waals surface area contributed by atoms with Gasteiger partial charge in [-0.15, -0.1) is 0 Å². The van der Waals surface area contributed by atoms with Gasteiger partial charge in [-0.2, -0.15) is 0 Å². The first kappa shape index (κ1) is 19.4. The van der Waals surface area contributed by atoms with Gasteiger partial charge in [-0.3, -0.25) is 0 Å². The zero-order chi connectivity index (χ0) is 19.4. The van der Waals surface area contributed by atoms with E-state index in [1.54, 1.807) is 18.2 Å². The Morgan fingerprint density at radius 3 is 2.15 bits per heavy atom. The van der Waals surface area contributed by atoms with Crippen LogP contribution in [0, 0.1) is 6.92 Å². The summed E-state index contributed by atoms with van der Waals surface area (Å²) < 4.78 is 21.2. The lowest BCUT2D eigenvalue weighted by molar-refractivity contribution is 0.0601. The molecule has 0 saturated carbocycles. The molecule has 6 nitrogen and oxygen atoms in total. The van der Waals surface area contributed by atoms with Crippen molar-refractivity contribution < 1.29 is 28.8 Å². The molecule has 0 aliphatic rings. The van der Waals surface area contributed by atoms with Crippen LogP contribution in [0.1, 0.15) is 29.8 Å². The van der Waals surface area contributed by atoms with E-state index in [1.807, 2.05) is 20.8 Å². The summed E-state index contributed by atoms with van der Waals surface area (Å²) in [5, 5.41) is 10.6. The van der Waals surface area contributed by atoms with Crippen LogP contribution in [0.5, 0.6) is 23.0 Å². The molecule has 0 bridgehead atoms. The Morgan fingerprint density at radius 2 is 1.65 bits per heavy atom. The Hall–Kier alpha value is -2.89. The number of hydrogen-bond acceptors (Lipinski definition) is 6. The van der Waals surface area contributed by atoms with Gasteiger partial charge < -0.3 is 24.1 Å². The molecule has 0 heterocycles. The zero-order valence-electron chi connectivity index (χ0n) is 15.9. The van der Waals surface area contributed by atoms with E-state index in [0.29, 0.717) is 28.4 Å². The molecule has 140 valence electrons. The predicted molar refractivity (Wildman–Crippen MR) is 98.5 cm³/mol. The number of rotatable bonds is 6. The number of phenols is 1. The largest absolute Gasteiger partial charge is 0.507 e. The minimum absolute atomic E-state index is 0.0192. The molecule has 0 spiro atoms. The number of methoxy groups -OCH3 is 3. The van der Waals surface area contributed by atoms with Crippen molar-refractivity contribution in [1.82, 2.24) is 0 Å². The maximum absolute atomic E-state index is 12.3. The summed E-state index contributed by atoms with van der Waals surface area (Å²) in [5.41, 5.74) is 1.88. The van der Waals surface area contributed by atoms with E-state index < -0.39 is 5.97 Å². The highest BCUT2D eigenvalue weighted by atomic mass is 16.5. The zero-order valence-corrected chi connectivity index (χ0v) is 15.9. The van der Waals surface area contributed by atoms with Crippen LogP contribution in [0.15, 0.2) is 24.3 Å². The maximum Gasteiger partial charge on any atom is 0.338 e. The normalized spacial score (nSPS) is 10.6. The highest BCUT2D eigenvalue weighted by Crippen LogP contribution is 2.44. The lowest BCUT2D eigenvalue weighted by atomic mass is 9.93. The summed E-state index contributed by atoms with van der Waals surface area (Å²) in [7, 11) is 4.28. The number of ether oxygens (including phenoxy) is 4. The molecule has 0 atom stereocenters. The third-order valence-corrected chi connectivity index (χ3v) is 3.85. The van der Waals surface area contributed by atoms with Gasteiger partial charge in [-0.1, -0.05) is 0 Å². The summed E-state index contributed by atoms with van der Waals surface area (Å²) in [6.07, 6.45) is -0.0270. The van der Waals surface area contributed by atoms with Crippen LogP contribution in [0.25, 0.3) is 11.1 Å². The van der Waals surface area contributed by atoms with Gasteiger partial charge in [0.25, 0.3) is 0 Å². The first-order valence-corrected chi connectivity index (χ1v) is 8.17. The molecule has 26 heavy (non-hydrogen) atoms. The molecular weight excluding hydrogens is 336 g/mol. The Labute approximate surface area is 153 Å². The van der Waals surface area contributed by atoms with Crippen molar-refractivity contribution in [2.45, 2.75) is 26.9 Å². The molecule has 2 rings (SSSR count). The molecule has 1 N–H and O–H groups in total. The standard InChI is InChI=1S/C20H24O6/c1-11(2)26-14-7-12(3)18(16(21)9-14)19-15(20(22)25-6)8-13(23-4)10-17(19)24-5/h7-11,21H,1-6H3. The minimum Gasteiger partial charge on any atom is -0.507 e. The average Bonchev–Trinajstić information content (AvgIpc) is 2.59. The van der Waals surface area contributed by atoms with Crippen molar-refractivity contribution >= 4 is 5.97 Å². The Balaban J connectivity index is 2.76. The fourth-order valence-corrected chi connectivity index (χ4v) is 2.80. The Morgan fingerprint density at radius 1 is 0.962 bits per heavy atom. The number of aryl methyl sites for hydroxylation is 1. The molecule has 0 aliphatic carbocycles. The van der Waals surface area contributed by atoms with Gasteiger partial charge in [0, 0.05) is 23.3 Å². The van der Waals surface area contributed by atoms with E-state index in [0.717, 1.165) is 5.56 Å². The lowest BCUT2D eigenvalue weighted by Gasteiger charge is -2.19. The highest BCUT2D eigenvalue weighted by molar-refractivity contribution is 6.01. The monoisotopic (exact) mass is 360 g/mol. The third-order valence-electron chi connectivity index (χ3n) is 3.85. The Kier molecular flexibility index (Phi) is 5.97. The number of phenolic OH excluding ortho intramolecular Hbond substituents is 1. The smallest absolute Gasteiger partial charge is 0.338 e. The van der Waals surface area contributed by atoms with E-state index >= 15 is 0 Å². The van der Waals surface area contributed by atoms with Crippen LogP contribution < -0.4 is 14.2 Å². The number of carbonyl (C=O) groups excluding carboxylic acids is 1. The molecule has 0 radical (unpaired) electrons. The second-order valence-corrected chi connectivity index (χ2v) is 6.04. The molecule has 2 aromatic carbocycles. The molecule has 0 amide bonds. The van der Waals surface area contributed by atoms with Crippen LogP contribution in [-0.2, 0) is 4.74 Å². The first-order chi connectivity index (χ1) is 12.3. The summed E-state index contributed by atoms with van der Waals surface area (Å²) >= 11 is 0. The van der Waals surface area contributed by atoms with Crippen molar-refractivity contribution in [1.29, 1.82) is 0 Å². The van der Waals surface area contributed by atoms with E-state index in [9.17, 15) is 9.90 Å². The molecule has 0 saturated heterocycles. The molecule has 6 heteroatoms. The summed E-state index contributed by atoms with van der Waals surface area (Å²) in [4.78, 5) is 12.3. The van der Waals surface area contributed by atoms with E-state index in [-0.39, 0.29) is 17.4 Å². The predicted octanol–water partition coefficient (Wildman–Crippen LogP) is 3.96. The fraction of sp³-hybridized carbons (Fsp3) is 0.350. The summed E-state index contributed by atoms with van der Waals surface area (Å²) in [5.74, 6) is 0.808. The van der Waals surface area contributed by atoms with Crippen molar-refractivity contribution in [3.05, 3.63) is 35.4 Å². The van der Waals surface area contributed by atoms with Gasteiger partial charge in [0.1, 0.15) is 23.0 Å². The lowest BCUT2D eigenvalue weighted by Crippen LogP contribution is -2.08. The van der Waals surface area contributed by atoms with E-state index in [4.69, 9.17) is 18.9 Å². The Bertz CT molecular complexity index is 787. The van der Waals surface area contributed by atoms with Crippen molar-refractivity contribution in [2.75, 3.05) is 21.3 Å². The molecule has 2 aromatic rings. The van der Waals surface area contributed by atoms with Crippen LogP contribution in [0.3, 0.4) is 0 Å². The quantitative estimate of drug-likeness (QED) is 0.786. The van der Waals surface area contributed by atoms with E-state index in [1.165, 1.54) is 27.4 Å². The average molecular weight is 360 g/mol. The van der Waals surface area contributed by atoms with Gasteiger partial charge in [0.15, 0.2) is 0 Å². The molecule has 0 unspecified atom stereocenters. The number of carbonyl (C=O) groups is 1. The molecule has 0 aromatic heterocycles. The second kappa shape index (κ2) is 7.99. The maximum atomic E-state index is 12.3. The minimum atomic E-state index is -0.557. The number of esters is 1.